The summed E-state index contributed by atoms with van der Waals surface area (Å²) >= 11 is 1.86. The van der Waals surface area contributed by atoms with Crippen LogP contribution in [0.2, 0.25) is 0 Å². The molecule has 0 saturated heterocycles. The van der Waals surface area contributed by atoms with Crippen molar-refractivity contribution in [1.82, 2.24) is 4.90 Å². The van der Waals surface area contributed by atoms with Crippen LogP contribution >= 0.6 is 11.8 Å². The molecule has 2 aromatic rings. The van der Waals surface area contributed by atoms with Crippen LogP contribution in [0.1, 0.15) is 96.5 Å². The van der Waals surface area contributed by atoms with Crippen LogP contribution in [0.15, 0.2) is 59.6 Å². The summed E-state index contributed by atoms with van der Waals surface area (Å²) in [5.74, 6) is 2.32. The average molecular weight is 553 g/mol. The van der Waals surface area contributed by atoms with Gasteiger partial charge in [0.15, 0.2) is 6.61 Å². The van der Waals surface area contributed by atoms with E-state index in [4.69, 9.17) is 9.47 Å². The third-order valence-corrected chi connectivity index (χ3v) is 7.93. The van der Waals surface area contributed by atoms with Gasteiger partial charge in [-0.1, -0.05) is 89.7 Å². The molecular formula is C33H48N2O3S. The van der Waals surface area contributed by atoms with E-state index in [9.17, 15) is 4.79 Å². The van der Waals surface area contributed by atoms with Crippen molar-refractivity contribution in [3.63, 3.8) is 0 Å². The maximum atomic E-state index is 12.3. The summed E-state index contributed by atoms with van der Waals surface area (Å²) in [5, 5.41) is 2.90. The predicted molar refractivity (Wildman–Crippen MR) is 165 cm³/mol. The Morgan fingerprint density at radius 1 is 0.795 bits per heavy atom. The first-order valence-electron chi connectivity index (χ1n) is 14.9. The maximum Gasteiger partial charge on any atom is 0.262 e. The fourth-order valence-electron chi connectivity index (χ4n) is 4.65. The number of hydrogen-bond acceptors (Lipinski definition) is 5. The molecular weight excluding hydrogens is 504 g/mol. The van der Waals surface area contributed by atoms with E-state index in [0.717, 1.165) is 36.9 Å². The topological polar surface area (TPSA) is 50.8 Å². The number of amides is 1. The predicted octanol–water partition coefficient (Wildman–Crippen LogP) is 9.15. The molecule has 1 N–H and O–H groups in total. The highest BCUT2D eigenvalue weighted by Gasteiger charge is 2.10. The van der Waals surface area contributed by atoms with Crippen LogP contribution < -0.4 is 14.8 Å². The lowest BCUT2D eigenvalue weighted by Gasteiger charge is -2.15. The minimum absolute atomic E-state index is 0.0319. The zero-order chi connectivity index (χ0) is 27.5. The summed E-state index contributed by atoms with van der Waals surface area (Å²) < 4.78 is 11.5. The van der Waals surface area contributed by atoms with E-state index in [0.29, 0.717) is 5.75 Å². The van der Waals surface area contributed by atoms with E-state index < -0.39 is 0 Å². The van der Waals surface area contributed by atoms with Crippen LogP contribution in [0.3, 0.4) is 0 Å². The lowest BCUT2D eigenvalue weighted by atomic mass is 10.1. The summed E-state index contributed by atoms with van der Waals surface area (Å²) in [5.41, 5.74) is 1.99. The van der Waals surface area contributed by atoms with Gasteiger partial charge in [-0.2, -0.15) is 0 Å². The summed E-state index contributed by atoms with van der Waals surface area (Å²) in [4.78, 5) is 16.0. The number of rotatable bonds is 20. The molecule has 0 unspecified atom stereocenters. The first kappa shape index (κ1) is 30.9. The highest BCUT2D eigenvalue weighted by molar-refractivity contribution is 8.03. The van der Waals surface area contributed by atoms with Gasteiger partial charge in [-0.15, -0.1) is 11.8 Å². The number of benzene rings is 2. The second kappa shape index (κ2) is 18.6. The second-order valence-corrected chi connectivity index (χ2v) is 11.7. The molecule has 214 valence electrons. The zero-order valence-corrected chi connectivity index (χ0v) is 24.9. The van der Waals surface area contributed by atoms with E-state index in [-0.39, 0.29) is 12.5 Å². The van der Waals surface area contributed by atoms with Crippen LogP contribution in [0.5, 0.6) is 11.5 Å². The molecule has 0 aromatic heterocycles. The summed E-state index contributed by atoms with van der Waals surface area (Å²) in [6.45, 7) is 5.99. The Morgan fingerprint density at radius 2 is 1.36 bits per heavy atom. The number of anilines is 1. The number of carbonyl (C=O) groups excluding carboxylic acids is 1. The fraction of sp³-hybridized carbons (Fsp3) is 0.545. The zero-order valence-electron chi connectivity index (χ0n) is 24.1. The molecule has 1 aliphatic rings. The number of unbranched alkanes of at least 4 members (excludes halogenated alkanes) is 11. The van der Waals surface area contributed by atoms with Crippen LogP contribution in [0, 0.1) is 0 Å². The van der Waals surface area contributed by atoms with Gasteiger partial charge in [-0.3, -0.25) is 4.79 Å². The number of ether oxygens (including phenoxy) is 2. The molecule has 0 saturated carbocycles. The Labute approximate surface area is 240 Å². The van der Waals surface area contributed by atoms with Crippen molar-refractivity contribution < 1.29 is 14.3 Å². The van der Waals surface area contributed by atoms with Crippen molar-refractivity contribution in [3.8, 4) is 11.5 Å². The number of nitrogens with one attached hydrogen (secondary N) is 1. The van der Waals surface area contributed by atoms with Crippen molar-refractivity contribution >= 4 is 23.4 Å². The third kappa shape index (κ3) is 13.3. The molecule has 2 aromatic carbocycles. The molecule has 1 aliphatic heterocycles. The molecule has 0 atom stereocenters. The monoisotopic (exact) mass is 552 g/mol. The van der Waals surface area contributed by atoms with Crippen LogP contribution in [0.25, 0.3) is 0 Å². The lowest BCUT2D eigenvalue weighted by Crippen LogP contribution is -2.20. The summed E-state index contributed by atoms with van der Waals surface area (Å²) in [7, 11) is 0. The molecule has 6 heteroatoms. The average Bonchev–Trinajstić information content (AvgIpc) is 3.36. The highest BCUT2D eigenvalue weighted by Crippen LogP contribution is 2.26. The highest BCUT2D eigenvalue weighted by atomic mass is 32.2. The van der Waals surface area contributed by atoms with E-state index >= 15 is 0 Å². The fourth-order valence-corrected chi connectivity index (χ4v) is 5.41. The Balaban J connectivity index is 1.20. The maximum absolute atomic E-state index is 12.3. The molecule has 0 aliphatic carbocycles. The van der Waals surface area contributed by atoms with Gasteiger partial charge in [0.1, 0.15) is 11.5 Å². The molecule has 0 radical (unpaired) electrons. The number of nitrogens with zero attached hydrogens (tertiary/aromatic N) is 1. The van der Waals surface area contributed by atoms with Crippen molar-refractivity contribution in [2.24, 2.45) is 0 Å². The molecule has 5 nitrogen and oxygen atoms in total. The van der Waals surface area contributed by atoms with Crippen LogP contribution in [-0.2, 0) is 11.3 Å². The molecule has 0 bridgehead atoms. The standard InChI is InChI=1S/C33H48N2O3S/c1-3-4-5-6-7-8-9-10-11-12-13-14-23-37-31-19-21-32(22-20-31)38-26-33(36)34-30-17-15-29(16-18-30)25-35-24-28(2)39-27-35/h15-22,24H,3-14,23,25-27H2,1-2H3,(H,34,36). The third-order valence-electron chi connectivity index (χ3n) is 6.91. The first-order valence-corrected chi connectivity index (χ1v) is 15.9. The Bertz CT molecular complexity index is 975. The van der Waals surface area contributed by atoms with Crippen LogP contribution in [0.4, 0.5) is 5.69 Å². The van der Waals surface area contributed by atoms with Gasteiger partial charge in [-0.05, 0) is 60.2 Å². The minimum atomic E-state index is -0.176. The Hall–Kier alpha value is -2.60. The lowest BCUT2D eigenvalue weighted by molar-refractivity contribution is -0.118. The van der Waals surface area contributed by atoms with Crippen molar-refractivity contribution in [2.75, 3.05) is 24.4 Å². The van der Waals surface area contributed by atoms with Gasteiger partial charge in [0.25, 0.3) is 5.91 Å². The Kier molecular flexibility index (Phi) is 14.8. The van der Waals surface area contributed by atoms with E-state index in [1.807, 2.05) is 48.2 Å². The first-order chi connectivity index (χ1) is 19.1. The van der Waals surface area contributed by atoms with E-state index in [1.165, 1.54) is 81.1 Å². The number of allylic oxidation sites excluding steroid dienone is 1. The number of hydrogen-bond donors (Lipinski definition) is 1. The minimum Gasteiger partial charge on any atom is -0.494 e. The Morgan fingerprint density at radius 3 is 1.92 bits per heavy atom. The summed E-state index contributed by atoms with van der Waals surface area (Å²) in [6.07, 6.45) is 18.3. The van der Waals surface area contributed by atoms with Crippen molar-refractivity contribution in [2.45, 2.75) is 97.4 Å². The number of thioether (sulfide) groups is 1. The second-order valence-electron chi connectivity index (χ2n) is 10.5. The van der Waals surface area contributed by atoms with Gasteiger partial charge in [0.05, 0.1) is 12.5 Å². The summed E-state index contributed by atoms with van der Waals surface area (Å²) in [6, 6.07) is 15.5. The molecule has 39 heavy (non-hydrogen) atoms. The number of carbonyl (C=O) groups is 1. The molecule has 3 rings (SSSR count). The molecule has 0 fully saturated rings. The SMILES string of the molecule is CCCCCCCCCCCCCCOc1ccc(OCC(=O)Nc2ccc(CN3C=C(C)SC3)cc2)cc1. The van der Waals surface area contributed by atoms with E-state index in [2.05, 4.69) is 42.4 Å². The van der Waals surface area contributed by atoms with Crippen molar-refractivity contribution in [1.29, 1.82) is 0 Å². The van der Waals surface area contributed by atoms with Gasteiger partial charge in [0.2, 0.25) is 0 Å². The molecule has 1 heterocycles. The molecule has 0 spiro atoms. The largest absolute Gasteiger partial charge is 0.494 e. The quantitative estimate of drug-likeness (QED) is 0.166. The van der Waals surface area contributed by atoms with Gasteiger partial charge in [-0.25, -0.2) is 0 Å². The molecule has 1 amide bonds. The van der Waals surface area contributed by atoms with Gasteiger partial charge >= 0.3 is 0 Å². The van der Waals surface area contributed by atoms with Crippen molar-refractivity contribution in [3.05, 3.63) is 65.2 Å². The smallest absolute Gasteiger partial charge is 0.262 e. The normalized spacial score (nSPS) is 12.9. The van der Waals surface area contributed by atoms with Crippen LogP contribution in [-0.4, -0.2) is 29.9 Å². The van der Waals surface area contributed by atoms with Gasteiger partial charge in [0, 0.05) is 18.4 Å². The van der Waals surface area contributed by atoms with Gasteiger partial charge < -0.3 is 19.7 Å². The van der Waals surface area contributed by atoms with E-state index in [1.54, 1.807) is 0 Å².